The van der Waals surface area contributed by atoms with Crippen LogP contribution < -0.4 is 0 Å². The molecule has 0 aromatic heterocycles. The minimum atomic E-state index is -5.87. The van der Waals surface area contributed by atoms with Crippen LogP contribution in [-0.4, -0.2) is 35.9 Å². The van der Waals surface area contributed by atoms with Gasteiger partial charge in [0.1, 0.15) is 5.75 Å². The van der Waals surface area contributed by atoms with E-state index in [2.05, 4.69) is 0 Å². The maximum atomic E-state index is 13.5. The summed E-state index contributed by atoms with van der Waals surface area (Å²) in [5, 5.41) is 4.61. The molecule has 0 heterocycles. The second-order valence-electron chi connectivity index (χ2n) is 8.86. The second kappa shape index (κ2) is 6.13. The van der Waals surface area contributed by atoms with Gasteiger partial charge < -0.3 is 9.84 Å². The molecule has 0 radical (unpaired) electrons. The van der Waals surface area contributed by atoms with Gasteiger partial charge >= 0.3 is 21.3 Å². The Balaban J connectivity index is 1.57. The molecule has 4 bridgehead atoms. The fraction of sp³-hybridized carbons (Fsp3) is 0.632. The van der Waals surface area contributed by atoms with E-state index in [1.165, 1.54) is 0 Å². The van der Waals surface area contributed by atoms with Gasteiger partial charge in [0.05, 0.1) is 6.61 Å². The third kappa shape index (κ3) is 3.08. The summed E-state index contributed by atoms with van der Waals surface area (Å²) in [4.78, 5) is 11.7. The molecule has 0 saturated heterocycles. The van der Waals surface area contributed by atoms with Crippen molar-refractivity contribution < 1.29 is 36.4 Å². The van der Waals surface area contributed by atoms with E-state index in [0.717, 1.165) is 37.7 Å². The standard InChI is InChI=1S/C19H22F2O6S/c20-19(21,28(24,25)26)16(23)27-11-17-6-12-5-13(7-17)9-18(8-12,10-17)14-1-3-15(22)4-2-14/h1-4,12-13,22H,5-11H2,(H,24,25,26). The van der Waals surface area contributed by atoms with Crippen molar-refractivity contribution in [2.24, 2.45) is 17.3 Å². The zero-order chi connectivity index (χ0) is 20.4. The minimum Gasteiger partial charge on any atom is -0.508 e. The number of esters is 1. The van der Waals surface area contributed by atoms with Gasteiger partial charge in [0.25, 0.3) is 0 Å². The predicted molar refractivity (Wildman–Crippen MR) is 94.4 cm³/mol. The lowest BCUT2D eigenvalue weighted by atomic mass is 9.43. The molecule has 0 aliphatic heterocycles. The number of carbonyl (C=O) groups is 1. The lowest BCUT2D eigenvalue weighted by Crippen LogP contribution is -2.56. The Morgan fingerprint density at radius 3 is 2.25 bits per heavy atom. The third-order valence-corrected chi connectivity index (χ3v) is 7.55. The summed E-state index contributed by atoms with van der Waals surface area (Å²) < 4.78 is 61.9. The van der Waals surface area contributed by atoms with Crippen LogP contribution in [0.5, 0.6) is 5.75 Å². The van der Waals surface area contributed by atoms with Crippen molar-refractivity contribution in [3.05, 3.63) is 29.8 Å². The fourth-order valence-electron chi connectivity index (χ4n) is 6.18. The average molecular weight is 416 g/mol. The van der Waals surface area contributed by atoms with E-state index in [4.69, 9.17) is 9.29 Å². The number of hydrogen-bond acceptors (Lipinski definition) is 5. The van der Waals surface area contributed by atoms with E-state index in [0.29, 0.717) is 18.3 Å². The summed E-state index contributed by atoms with van der Waals surface area (Å²) in [5.74, 6) is -1.29. The molecule has 2 N–H and O–H groups in total. The monoisotopic (exact) mass is 416 g/mol. The molecule has 4 aliphatic carbocycles. The molecule has 2 atom stereocenters. The molecule has 4 aliphatic rings. The quantitative estimate of drug-likeness (QED) is 0.565. The molecule has 4 saturated carbocycles. The first-order chi connectivity index (χ1) is 12.9. The number of aromatic hydroxyl groups is 1. The molecule has 9 heteroatoms. The molecular weight excluding hydrogens is 394 g/mol. The number of benzene rings is 1. The summed E-state index contributed by atoms with van der Waals surface area (Å²) in [6.07, 6.45) is 5.12. The first-order valence-corrected chi connectivity index (χ1v) is 10.7. The second-order valence-corrected chi connectivity index (χ2v) is 10.3. The van der Waals surface area contributed by atoms with E-state index in [1.54, 1.807) is 12.1 Å². The molecule has 154 valence electrons. The molecule has 1 aromatic rings. The summed E-state index contributed by atoms with van der Waals surface area (Å²) in [7, 11) is -5.87. The lowest BCUT2D eigenvalue weighted by Gasteiger charge is -2.62. The Morgan fingerprint density at radius 2 is 1.71 bits per heavy atom. The fourth-order valence-corrected chi connectivity index (χ4v) is 6.45. The summed E-state index contributed by atoms with van der Waals surface area (Å²) >= 11 is 0. The van der Waals surface area contributed by atoms with Gasteiger partial charge in [0.15, 0.2) is 0 Å². The van der Waals surface area contributed by atoms with Gasteiger partial charge in [-0.15, -0.1) is 0 Å². The number of hydrogen-bond donors (Lipinski definition) is 2. The highest BCUT2D eigenvalue weighted by Gasteiger charge is 2.60. The van der Waals surface area contributed by atoms with Gasteiger partial charge in [-0.2, -0.15) is 17.2 Å². The zero-order valence-corrected chi connectivity index (χ0v) is 15.9. The third-order valence-electron chi connectivity index (χ3n) is 6.73. The van der Waals surface area contributed by atoms with Crippen molar-refractivity contribution in [1.82, 2.24) is 0 Å². The molecule has 2 unspecified atom stereocenters. The Labute approximate surface area is 161 Å². The first kappa shape index (κ1) is 19.6. The molecular formula is C19H22F2O6S. The summed E-state index contributed by atoms with van der Waals surface area (Å²) in [6.45, 7) is -0.288. The van der Waals surface area contributed by atoms with Crippen molar-refractivity contribution >= 4 is 16.1 Å². The van der Waals surface area contributed by atoms with Crippen LogP contribution in [0.15, 0.2) is 24.3 Å². The van der Waals surface area contributed by atoms with E-state index in [9.17, 15) is 27.1 Å². The maximum absolute atomic E-state index is 13.5. The molecule has 0 spiro atoms. The van der Waals surface area contributed by atoms with Crippen LogP contribution >= 0.6 is 0 Å². The Bertz CT molecular complexity index is 882. The van der Waals surface area contributed by atoms with E-state index in [-0.39, 0.29) is 17.8 Å². The molecule has 6 nitrogen and oxygen atoms in total. The van der Waals surface area contributed by atoms with E-state index < -0.39 is 26.8 Å². The van der Waals surface area contributed by atoms with Crippen LogP contribution in [0, 0.1) is 17.3 Å². The highest BCUT2D eigenvalue weighted by atomic mass is 32.2. The highest BCUT2D eigenvalue weighted by Crippen LogP contribution is 2.65. The Morgan fingerprint density at radius 1 is 1.14 bits per heavy atom. The van der Waals surface area contributed by atoms with Crippen LogP contribution in [0.2, 0.25) is 0 Å². The van der Waals surface area contributed by atoms with Crippen LogP contribution in [0.4, 0.5) is 8.78 Å². The predicted octanol–water partition coefficient (Wildman–Crippen LogP) is 3.25. The van der Waals surface area contributed by atoms with Crippen LogP contribution in [0.25, 0.3) is 0 Å². The number of phenolic OH excluding ortho intramolecular Hbond substituents is 1. The van der Waals surface area contributed by atoms with Gasteiger partial charge in [-0.25, -0.2) is 4.79 Å². The Hall–Kier alpha value is -1.74. The van der Waals surface area contributed by atoms with Crippen molar-refractivity contribution in [3.8, 4) is 5.75 Å². The minimum absolute atomic E-state index is 0.157. The van der Waals surface area contributed by atoms with Crippen LogP contribution in [-0.2, 0) is 25.1 Å². The highest BCUT2D eigenvalue weighted by molar-refractivity contribution is 7.87. The molecule has 5 rings (SSSR count). The number of phenols is 1. The van der Waals surface area contributed by atoms with Gasteiger partial charge in [0.2, 0.25) is 0 Å². The topological polar surface area (TPSA) is 101 Å². The van der Waals surface area contributed by atoms with E-state index in [1.807, 2.05) is 12.1 Å². The molecule has 28 heavy (non-hydrogen) atoms. The van der Waals surface area contributed by atoms with Crippen LogP contribution in [0.3, 0.4) is 0 Å². The lowest BCUT2D eigenvalue weighted by molar-refractivity contribution is -0.173. The Kier molecular flexibility index (Phi) is 4.28. The summed E-state index contributed by atoms with van der Waals surface area (Å²) in [5.41, 5.74) is 0.446. The number of ether oxygens (including phenoxy) is 1. The molecule has 0 amide bonds. The normalized spacial score (nSPS) is 34.4. The average Bonchev–Trinajstić information content (AvgIpc) is 2.58. The number of carbonyl (C=O) groups excluding carboxylic acids is 1. The molecule has 1 aromatic carbocycles. The first-order valence-electron chi connectivity index (χ1n) is 9.26. The van der Waals surface area contributed by atoms with Crippen molar-refractivity contribution in [2.75, 3.05) is 6.61 Å². The van der Waals surface area contributed by atoms with E-state index >= 15 is 0 Å². The van der Waals surface area contributed by atoms with Crippen LogP contribution in [0.1, 0.15) is 44.1 Å². The zero-order valence-electron chi connectivity index (χ0n) is 15.1. The van der Waals surface area contributed by atoms with Gasteiger partial charge in [-0.3, -0.25) is 4.55 Å². The van der Waals surface area contributed by atoms with Crippen molar-refractivity contribution in [1.29, 1.82) is 0 Å². The van der Waals surface area contributed by atoms with Crippen molar-refractivity contribution in [2.45, 2.75) is 49.2 Å². The summed E-state index contributed by atoms with van der Waals surface area (Å²) in [6, 6.07) is 7.03. The largest absolute Gasteiger partial charge is 0.508 e. The van der Waals surface area contributed by atoms with Crippen molar-refractivity contribution in [3.63, 3.8) is 0 Å². The van der Waals surface area contributed by atoms with Gasteiger partial charge in [-0.05, 0) is 73.5 Å². The van der Waals surface area contributed by atoms with Gasteiger partial charge in [0, 0.05) is 5.41 Å². The SMILES string of the molecule is O=C(OCC12CC3CC(C1)CC(c1ccc(O)cc1)(C3)C2)C(F)(F)S(=O)(=O)O. The van der Waals surface area contributed by atoms with Gasteiger partial charge in [-0.1, -0.05) is 12.1 Å². The maximum Gasteiger partial charge on any atom is 0.465 e. The molecule has 4 fully saturated rings. The number of halogens is 2. The smallest absolute Gasteiger partial charge is 0.465 e. The number of alkyl halides is 2. The number of rotatable bonds is 5.